The van der Waals surface area contributed by atoms with E-state index in [1.807, 2.05) is 69.3 Å². The number of carboxylic acids is 1. The smallest absolute Gasteiger partial charge is 0.410 e. The molecule has 284 valence electrons. The van der Waals surface area contributed by atoms with E-state index in [9.17, 15) is 23.1 Å². The van der Waals surface area contributed by atoms with Crippen LogP contribution in [0.25, 0.3) is 0 Å². The average Bonchev–Trinajstić information content (AvgIpc) is 3.15. The molecule has 3 saturated heterocycles. The summed E-state index contributed by atoms with van der Waals surface area (Å²) in [6.45, 7) is 10.9. The summed E-state index contributed by atoms with van der Waals surface area (Å²) in [6, 6.07) is 18.4. The molecule has 53 heavy (non-hydrogen) atoms. The van der Waals surface area contributed by atoms with Gasteiger partial charge < -0.3 is 29.0 Å². The van der Waals surface area contributed by atoms with Crippen molar-refractivity contribution in [2.45, 2.75) is 70.5 Å². The number of aliphatic carboxylic acids is 1. The molecule has 0 radical (unpaired) electrons. The molecule has 3 aliphatic rings. The fourth-order valence-electron chi connectivity index (χ4n) is 7.64. The fourth-order valence-corrected chi connectivity index (χ4v) is 9.74. The Balaban J connectivity index is 1.14. The molecular formula is C40H47ClN2O9S. The minimum absolute atomic E-state index is 0.0765. The number of piperidine rings is 2. The largest absolute Gasteiger partial charge is 0.482 e. The van der Waals surface area contributed by atoms with Crippen LogP contribution in [-0.4, -0.2) is 78.9 Å². The molecule has 3 aromatic rings. The zero-order valence-corrected chi connectivity index (χ0v) is 31.9. The molecule has 3 fully saturated rings. The molecule has 13 heteroatoms. The van der Waals surface area contributed by atoms with Gasteiger partial charge in [-0.15, -0.1) is 0 Å². The van der Waals surface area contributed by atoms with E-state index in [0.717, 1.165) is 22.3 Å². The monoisotopic (exact) mass is 766 g/mol. The molecule has 3 heterocycles. The number of sulfonamides is 1. The molecule has 3 aliphatic heterocycles. The molecule has 1 N–H and O–H groups in total. The summed E-state index contributed by atoms with van der Waals surface area (Å²) in [5, 5.41) is 9.48. The number of hydrogen-bond donors (Lipinski definition) is 1. The highest BCUT2D eigenvalue weighted by molar-refractivity contribution is 7.89. The number of rotatable bonds is 11. The van der Waals surface area contributed by atoms with Crippen molar-refractivity contribution in [3.63, 3.8) is 0 Å². The first-order chi connectivity index (χ1) is 25.3. The summed E-state index contributed by atoms with van der Waals surface area (Å²) < 4.78 is 53.9. The van der Waals surface area contributed by atoms with E-state index in [2.05, 4.69) is 6.58 Å². The minimum atomic E-state index is -3.63. The van der Waals surface area contributed by atoms with Gasteiger partial charge in [-0.05, 0) is 99.4 Å². The maximum atomic E-state index is 14.0. The quantitative estimate of drug-likeness (QED) is 0.195. The topological polar surface area (TPSA) is 132 Å². The normalized spacial score (nSPS) is 22.5. The van der Waals surface area contributed by atoms with Gasteiger partial charge in [-0.2, -0.15) is 0 Å². The van der Waals surface area contributed by atoms with Crippen LogP contribution >= 0.6 is 11.6 Å². The van der Waals surface area contributed by atoms with E-state index >= 15 is 0 Å². The average molecular weight is 767 g/mol. The third-order valence-electron chi connectivity index (χ3n) is 10.5. The summed E-state index contributed by atoms with van der Waals surface area (Å²) in [4.78, 5) is 25.8. The Morgan fingerprint density at radius 3 is 2.34 bits per heavy atom. The van der Waals surface area contributed by atoms with Gasteiger partial charge in [-0.3, -0.25) is 0 Å². The van der Waals surface area contributed by atoms with Gasteiger partial charge in [0, 0.05) is 42.7 Å². The minimum Gasteiger partial charge on any atom is -0.482 e. The molecule has 0 spiro atoms. The molecule has 6 rings (SSSR count). The van der Waals surface area contributed by atoms with Crippen LogP contribution in [-0.2, 0) is 30.9 Å². The van der Waals surface area contributed by atoms with Crippen LogP contribution in [0.2, 0.25) is 5.02 Å². The van der Waals surface area contributed by atoms with Crippen molar-refractivity contribution in [2.75, 3.05) is 32.8 Å². The van der Waals surface area contributed by atoms with Crippen molar-refractivity contribution in [3.8, 4) is 17.2 Å². The number of carbonyl (C=O) groups is 2. The van der Waals surface area contributed by atoms with Crippen LogP contribution in [0.15, 0.2) is 72.8 Å². The number of likely N-dealkylation sites (tertiary alicyclic amines) is 1. The van der Waals surface area contributed by atoms with Crippen molar-refractivity contribution in [2.24, 2.45) is 11.8 Å². The number of halogens is 1. The second kappa shape index (κ2) is 16.5. The number of fused-ring (bicyclic) bond motifs is 1. The zero-order valence-electron chi connectivity index (χ0n) is 30.3. The maximum Gasteiger partial charge on any atom is 0.410 e. The lowest BCUT2D eigenvalue weighted by atomic mass is 9.76. The number of carbonyl (C=O) groups excluding carboxylic acids is 1. The predicted molar refractivity (Wildman–Crippen MR) is 201 cm³/mol. The fraction of sp³-hybridized carbons (Fsp3) is 0.450. The molecule has 0 aromatic heterocycles. The van der Waals surface area contributed by atoms with E-state index in [4.69, 9.17) is 30.5 Å². The van der Waals surface area contributed by atoms with Crippen LogP contribution in [0.5, 0.6) is 17.2 Å². The Kier molecular flexibility index (Phi) is 12.0. The zero-order chi connectivity index (χ0) is 37.9. The van der Waals surface area contributed by atoms with E-state index in [1.54, 1.807) is 21.3 Å². The number of nitrogens with zero attached hydrogens (tertiary/aromatic N) is 2. The van der Waals surface area contributed by atoms with Crippen LogP contribution in [0, 0.1) is 25.7 Å². The second-order valence-corrected chi connectivity index (χ2v) is 16.9. The lowest BCUT2D eigenvalue weighted by Crippen LogP contribution is -2.54. The number of aryl methyl sites for hydroxylation is 2. The maximum absolute atomic E-state index is 14.0. The first kappa shape index (κ1) is 38.6. The number of ether oxygens (including phenoxy) is 4. The van der Waals surface area contributed by atoms with Gasteiger partial charge in [0.1, 0.15) is 23.9 Å². The first-order valence-electron chi connectivity index (χ1n) is 18.0. The molecule has 0 saturated carbocycles. The molecule has 0 bridgehead atoms. The van der Waals surface area contributed by atoms with Gasteiger partial charge in [0.2, 0.25) is 10.0 Å². The van der Waals surface area contributed by atoms with Crippen LogP contribution in [0.4, 0.5) is 4.79 Å². The number of carboxylic acid groups (broad SMARTS) is 1. The third-order valence-corrected chi connectivity index (χ3v) is 13.4. The molecule has 4 atom stereocenters. The molecule has 0 aliphatic carbocycles. The second-order valence-electron chi connectivity index (χ2n) is 14.3. The van der Waals surface area contributed by atoms with Gasteiger partial charge in [0.25, 0.3) is 0 Å². The lowest BCUT2D eigenvalue weighted by molar-refractivity contribution is -0.139. The molecule has 3 aromatic carbocycles. The molecule has 1 amide bonds. The van der Waals surface area contributed by atoms with E-state index in [0.29, 0.717) is 79.7 Å². The first-order valence-corrected chi connectivity index (χ1v) is 19.9. The Hall–Kier alpha value is -4.10. The Morgan fingerprint density at radius 2 is 1.68 bits per heavy atom. The number of benzene rings is 3. The number of hydrogen-bond acceptors (Lipinski definition) is 8. The van der Waals surface area contributed by atoms with Crippen molar-refractivity contribution in [3.05, 3.63) is 100 Å². The van der Waals surface area contributed by atoms with Crippen molar-refractivity contribution < 1.29 is 42.1 Å². The Labute approximate surface area is 316 Å². The van der Waals surface area contributed by atoms with E-state index in [1.165, 1.54) is 0 Å². The van der Waals surface area contributed by atoms with Crippen molar-refractivity contribution in [1.82, 2.24) is 9.21 Å². The molecular weight excluding hydrogens is 720 g/mol. The van der Waals surface area contributed by atoms with Gasteiger partial charge in [0.05, 0.1) is 17.5 Å². The SMILES string of the molecule is C=C(C)[C@H]1C[C@@H]2CN(S(=O)(=O)C3CCN(C(=O)OCc4ccccc4)CC3)CC[C@@H]2O[C@@H]1c1cc(Oc2cc(C)c(Cl)c(C)c2)ccc1OCC(=O)O. The summed E-state index contributed by atoms with van der Waals surface area (Å²) in [5.74, 6) is 0.114. The predicted octanol–water partition coefficient (Wildman–Crippen LogP) is 7.69. The van der Waals surface area contributed by atoms with E-state index < -0.39 is 40.0 Å². The summed E-state index contributed by atoms with van der Waals surface area (Å²) in [7, 11) is -3.63. The van der Waals surface area contributed by atoms with Gasteiger partial charge >= 0.3 is 12.1 Å². The van der Waals surface area contributed by atoms with Gasteiger partial charge in [-0.1, -0.05) is 54.1 Å². The summed E-state index contributed by atoms with van der Waals surface area (Å²) >= 11 is 6.38. The van der Waals surface area contributed by atoms with E-state index in [-0.39, 0.29) is 24.5 Å². The Bertz CT molecular complexity index is 1910. The molecule has 0 unspecified atom stereocenters. The van der Waals surface area contributed by atoms with Crippen molar-refractivity contribution in [1.29, 1.82) is 0 Å². The highest BCUT2D eigenvalue weighted by Gasteiger charge is 2.46. The van der Waals surface area contributed by atoms with Crippen LogP contribution in [0.1, 0.15) is 61.0 Å². The van der Waals surface area contributed by atoms with Crippen LogP contribution < -0.4 is 9.47 Å². The van der Waals surface area contributed by atoms with Crippen LogP contribution in [0.3, 0.4) is 0 Å². The summed E-state index contributed by atoms with van der Waals surface area (Å²) in [6.07, 6.45) is 0.611. The third kappa shape index (κ3) is 9.00. The highest BCUT2D eigenvalue weighted by Crippen LogP contribution is 2.48. The summed E-state index contributed by atoms with van der Waals surface area (Å²) in [5.41, 5.74) is 4.15. The van der Waals surface area contributed by atoms with Gasteiger partial charge in [-0.25, -0.2) is 22.3 Å². The standard InChI is InChI=1S/C40H47ClN2O9S/c1-25(2)33-20-29-22-43(53(47,48)32-12-15-42(16-13-32)40(46)50-23-28-8-6-5-7-9-28)17-14-35(29)52-39(33)34-21-30(10-11-36(34)49-24-37(44)45)51-31-18-26(3)38(41)27(4)19-31/h5-11,18-19,21,29,32-33,35,39H,1,12-17,20,22-24H2,2-4H3,(H,44,45)/t29-,33-,35+,39+/m1/s1. The van der Waals surface area contributed by atoms with Crippen molar-refractivity contribution >= 4 is 33.7 Å². The Morgan fingerprint density at radius 1 is 0.981 bits per heavy atom. The number of amides is 1. The van der Waals surface area contributed by atoms with Gasteiger partial charge in [0.15, 0.2) is 6.61 Å². The lowest BCUT2D eigenvalue weighted by Gasteiger charge is -2.47. The molecule has 11 nitrogen and oxygen atoms in total. The highest BCUT2D eigenvalue weighted by atomic mass is 35.5.